The summed E-state index contributed by atoms with van der Waals surface area (Å²) in [5, 5.41) is 5.94. The van der Waals surface area contributed by atoms with Crippen LogP contribution in [-0.2, 0) is 5.33 Å². The van der Waals surface area contributed by atoms with E-state index in [4.69, 9.17) is 4.74 Å². The van der Waals surface area contributed by atoms with Crippen LogP contribution in [0.5, 0.6) is 5.75 Å². The number of ether oxygens (including phenoxy) is 1. The maximum atomic E-state index is 5.37. The van der Waals surface area contributed by atoms with Gasteiger partial charge in [-0.25, -0.2) is 0 Å². The maximum absolute atomic E-state index is 5.37. The highest BCUT2D eigenvalue weighted by molar-refractivity contribution is 9.08. The van der Waals surface area contributed by atoms with E-state index < -0.39 is 0 Å². The zero-order valence-corrected chi connectivity index (χ0v) is 18.3. The number of benzene rings is 5. The summed E-state index contributed by atoms with van der Waals surface area (Å²) in [5.74, 6) is 0.871. The Morgan fingerprint density at radius 3 is 1.33 bits per heavy atom. The van der Waals surface area contributed by atoms with Crippen LogP contribution < -0.4 is 4.74 Å². The van der Waals surface area contributed by atoms with Gasteiger partial charge in [-0.2, -0.15) is 0 Å². The van der Waals surface area contributed by atoms with Crippen LogP contribution in [0.15, 0.2) is 97.1 Å². The fraction of sp³-hybridized carbons (Fsp3) is 0.0714. The molecule has 0 radical (unpaired) electrons. The van der Waals surface area contributed by atoms with Crippen LogP contribution in [0, 0.1) is 0 Å². The lowest BCUT2D eigenvalue weighted by Crippen LogP contribution is -1.91. The van der Waals surface area contributed by atoms with Crippen molar-refractivity contribution in [3.63, 3.8) is 0 Å². The summed E-state index contributed by atoms with van der Waals surface area (Å²) in [4.78, 5) is 0. The molecular weight excluding hydrogens is 432 g/mol. The lowest BCUT2D eigenvalue weighted by molar-refractivity contribution is 0.415. The molecule has 5 aromatic carbocycles. The van der Waals surface area contributed by atoms with E-state index >= 15 is 0 Å². The van der Waals surface area contributed by atoms with Gasteiger partial charge in [0.25, 0.3) is 0 Å². The lowest BCUT2D eigenvalue weighted by atomic mass is 9.86. The highest BCUT2D eigenvalue weighted by Gasteiger charge is 2.16. The molecule has 0 N–H and O–H groups in total. The largest absolute Gasteiger partial charge is 0.497 e. The molecule has 0 amide bonds. The molecule has 0 bridgehead atoms. The van der Waals surface area contributed by atoms with Crippen LogP contribution in [0.1, 0.15) is 5.56 Å². The van der Waals surface area contributed by atoms with Gasteiger partial charge >= 0.3 is 0 Å². The van der Waals surface area contributed by atoms with Crippen molar-refractivity contribution >= 4 is 37.5 Å². The molecule has 0 saturated heterocycles. The average Bonchev–Trinajstić information content (AvgIpc) is 2.82. The molecule has 0 aliphatic carbocycles. The number of halogens is 1. The molecule has 5 aromatic rings. The zero-order valence-electron chi connectivity index (χ0n) is 16.7. The van der Waals surface area contributed by atoms with Crippen LogP contribution >= 0.6 is 15.9 Å². The molecule has 0 fully saturated rings. The van der Waals surface area contributed by atoms with Gasteiger partial charge in [0, 0.05) is 5.33 Å². The Morgan fingerprint density at radius 1 is 0.567 bits per heavy atom. The highest BCUT2D eigenvalue weighted by Crippen LogP contribution is 2.43. The first-order valence-corrected chi connectivity index (χ1v) is 11.2. The molecule has 0 aliphatic rings. The summed E-state index contributed by atoms with van der Waals surface area (Å²) in [6.45, 7) is 0. The second-order valence-electron chi connectivity index (χ2n) is 7.40. The summed E-state index contributed by atoms with van der Waals surface area (Å²) < 4.78 is 5.37. The van der Waals surface area contributed by atoms with Gasteiger partial charge in [0.15, 0.2) is 0 Å². The minimum atomic E-state index is 0.866. The number of methoxy groups -OCH3 is 1. The molecule has 30 heavy (non-hydrogen) atoms. The van der Waals surface area contributed by atoms with E-state index in [1.165, 1.54) is 49.4 Å². The van der Waals surface area contributed by atoms with Gasteiger partial charge in [0.2, 0.25) is 0 Å². The Hall–Kier alpha value is -3.10. The summed E-state index contributed by atoms with van der Waals surface area (Å²) in [5.41, 5.74) is 6.28. The minimum absolute atomic E-state index is 0.866. The highest BCUT2D eigenvalue weighted by atomic mass is 79.9. The number of fused-ring (bicyclic) bond motifs is 2. The van der Waals surface area contributed by atoms with E-state index in [0.29, 0.717) is 0 Å². The molecule has 1 nitrogen and oxygen atoms in total. The van der Waals surface area contributed by atoms with E-state index in [2.05, 4.69) is 101 Å². The Kier molecular flexibility index (Phi) is 5.02. The lowest BCUT2D eigenvalue weighted by Gasteiger charge is -2.18. The number of alkyl halides is 1. The molecule has 0 aliphatic heterocycles. The van der Waals surface area contributed by atoms with Crippen LogP contribution in [0.2, 0.25) is 0 Å². The van der Waals surface area contributed by atoms with E-state index in [-0.39, 0.29) is 0 Å². The SMILES string of the molecule is COc1ccc(-c2c3ccccc3c(-c3ccc(CBr)cc3)c3ccccc23)cc1. The fourth-order valence-corrected chi connectivity index (χ4v) is 4.64. The summed E-state index contributed by atoms with van der Waals surface area (Å²) in [6.07, 6.45) is 0. The number of hydrogen-bond acceptors (Lipinski definition) is 1. The van der Waals surface area contributed by atoms with E-state index in [1.807, 2.05) is 12.1 Å². The van der Waals surface area contributed by atoms with Crippen LogP contribution in [-0.4, -0.2) is 7.11 Å². The summed E-state index contributed by atoms with van der Waals surface area (Å²) in [6, 6.07) is 34.7. The van der Waals surface area contributed by atoms with Crippen LogP contribution in [0.25, 0.3) is 43.8 Å². The first-order valence-electron chi connectivity index (χ1n) is 10.0. The molecular formula is C28H21BrO. The third-order valence-electron chi connectivity index (χ3n) is 5.71. The molecule has 0 atom stereocenters. The minimum Gasteiger partial charge on any atom is -0.497 e. The standard InChI is InChI=1S/C28H21BrO/c1-30-22-16-14-21(15-17-22)28-25-8-4-2-6-23(25)27(24-7-3-5-9-26(24)28)20-12-10-19(18-29)11-13-20/h2-17H,18H2,1H3. The van der Waals surface area contributed by atoms with Gasteiger partial charge in [0.1, 0.15) is 5.75 Å². The first-order chi connectivity index (χ1) is 14.8. The Balaban J connectivity index is 1.88. The Morgan fingerprint density at radius 2 is 0.967 bits per heavy atom. The molecule has 2 heteroatoms. The molecule has 0 saturated carbocycles. The van der Waals surface area contributed by atoms with Crippen LogP contribution in [0.4, 0.5) is 0 Å². The topological polar surface area (TPSA) is 9.23 Å². The van der Waals surface area contributed by atoms with Crippen molar-refractivity contribution in [3.8, 4) is 28.0 Å². The Bertz CT molecular complexity index is 1170. The van der Waals surface area contributed by atoms with Crippen molar-refractivity contribution in [2.45, 2.75) is 5.33 Å². The average molecular weight is 453 g/mol. The molecule has 0 heterocycles. The van der Waals surface area contributed by atoms with Crippen molar-refractivity contribution in [1.82, 2.24) is 0 Å². The van der Waals surface area contributed by atoms with Gasteiger partial charge in [-0.3, -0.25) is 0 Å². The maximum Gasteiger partial charge on any atom is 0.118 e. The van der Waals surface area contributed by atoms with Crippen molar-refractivity contribution in [2.24, 2.45) is 0 Å². The second-order valence-corrected chi connectivity index (χ2v) is 7.96. The van der Waals surface area contributed by atoms with Crippen molar-refractivity contribution in [1.29, 1.82) is 0 Å². The molecule has 0 unspecified atom stereocenters. The summed E-state index contributed by atoms with van der Waals surface area (Å²) in [7, 11) is 1.70. The fourth-order valence-electron chi connectivity index (χ4n) is 4.27. The van der Waals surface area contributed by atoms with Crippen molar-refractivity contribution < 1.29 is 4.74 Å². The zero-order chi connectivity index (χ0) is 20.5. The predicted octanol–water partition coefficient (Wildman–Crippen LogP) is 8.23. The monoisotopic (exact) mass is 452 g/mol. The number of rotatable bonds is 4. The second kappa shape index (κ2) is 7.97. The van der Waals surface area contributed by atoms with Gasteiger partial charge in [-0.15, -0.1) is 0 Å². The molecule has 146 valence electrons. The van der Waals surface area contributed by atoms with Crippen molar-refractivity contribution in [3.05, 3.63) is 103 Å². The van der Waals surface area contributed by atoms with Gasteiger partial charge in [-0.1, -0.05) is 101 Å². The summed E-state index contributed by atoms with van der Waals surface area (Å²) >= 11 is 3.55. The van der Waals surface area contributed by atoms with E-state index in [1.54, 1.807) is 7.11 Å². The van der Waals surface area contributed by atoms with Crippen molar-refractivity contribution in [2.75, 3.05) is 7.11 Å². The normalized spacial score (nSPS) is 11.1. The van der Waals surface area contributed by atoms with Gasteiger partial charge in [-0.05, 0) is 61.5 Å². The molecule has 5 rings (SSSR count). The Labute approximate surface area is 185 Å². The third-order valence-corrected chi connectivity index (χ3v) is 6.35. The van der Waals surface area contributed by atoms with Crippen LogP contribution in [0.3, 0.4) is 0 Å². The van der Waals surface area contributed by atoms with Gasteiger partial charge < -0.3 is 4.74 Å². The first kappa shape index (κ1) is 18.9. The molecule has 0 spiro atoms. The number of hydrogen-bond donors (Lipinski definition) is 0. The third kappa shape index (κ3) is 3.18. The van der Waals surface area contributed by atoms with E-state index in [9.17, 15) is 0 Å². The smallest absolute Gasteiger partial charge is 0.118 e. The van der Waals surface area contributed by atoms with E-state index in [0.717, 1.165) is 11.1 Å². The quantitative estimate of drug-likeness (QED) is 0.197. The molecule has 0 aromatic heterocycles. The predicted molar refractivity (Wildman–Crippen MR) is 132 cm³/mol. The van der Waals surface area contributed by atoms with Gasteiger partial charge in [0.05, 0.1) is 7.11 Å².